The normalized spacial score (nSPS) is 13.4. The molecule has 12 heavy (non-hydrogen) atoms. The molecule has 0 aliphatic rings. The number of carbonyl (C=O) groups excluding carboxylic acids is 1. The van der Waals surface area contributed by atoms with Crippen molar-refractivity contribution in [3.63, 3.8) is 0 Å². The Morgan fingerprint density at radius 3 is 2.58 bits per heavy atom. The van der Waals surface area contributed by atoms with Crippen molar-refractivity contribution < 1.29 is 4.79 Å². The van der Waals surface area contributed by atoms with E-state index in [1.807, 2.05) is 13.8 Å². The van der Waals surface area contributed by atoms with Gasteiger partial charge in [0.15, 0.2) is 0 Å². The van der Waals surface area contributed by atoms with E-state index in [4.69, 9.17) is 0 Å². The minimum atomic E-state index is -0.0841. The van der Waals surface area contributed by atoms with Crippen LogP contribution >= 0.6 is 0 Å². The number of aliphatic imine (C=N–C) groups is 1. The molecule has 4 heteroatoms. The Kier molecular flexibility index (Phi) is 4.76. The Balaban J connectivity index is 3.77. The van der Waals surface area contributed by atoms with Crippen molar-refractivity contribution >= 4 is 12.6 Å². The van der Waals surface area contributed by atoms with Gasteiger partial charge in [0.05, 0.1) is 11.9 Å². The molecule has 0 saturated heterocycles. The Hall–Kier alpha value is -1.32. The van der Waals surface area contributed by atoms with Gasteiger partial charge in [0.1, 0.15) is 0 Å². The van der Waals surface area contributed by atoms with Crippen LogP contribution in [0.15, 0.2) is 16.9 Å². The van der Waals surface area contributed by atoms with E-state index in [0.29, 0.717) is 0 Å². The zero-order valence-electron chi connectivity index (χ0n) is 7.72. The molecule has 0 aromatic heterocycles. The topological polar surface area (TPSA) is 53.5 Å². The molecule has 0 aliphatic carbocycles. The third-order valence-electron chi connectivity index (χ3n) is 1.21. The minimum Gasteiger partial charge on any atom is -0.370 e. The van der Waals surface area contributed by atoms with E-state index in [2.05, 4.69) is 22.3 Å². The van der Waals surface area contributed by atoms with Gasteiger partial charge in [-0.05, 0) is 20.6 Å². The average Bonchev–Trinajstić information content (AvgIpc) is 1.99. The van der Waals surface area contributed by atoms with Crippen LogP contribution in [0.25, 0.3) is 0 Å². The maximum absolute atomic E-state index is 10.6. The van der Waals surface area contributed by atoms with Crippen LogP contribution < -0.4 is 10.6 Å². The number of amides is 1. The van der Waals surface area contributed by atoms with Crippen molar-refractivity contribution in [3.8, 4) is 0 Å². The van der Waals surface area contributed by atoms with Gasteiger partial charge in [0.25, 0.3) is 0 Å². The molecule has 0 heterocycles. The summed E-state index contributed by atoms with van der Waals surface area (Å²) in [6.07, 6.45) is 1.62. The number of carbonyl (C=O) groups is 1. The molecule has 0 aromatic rings. The summed E-state index contributed by atoms with van der Waals surface area (Å²) in [6.45, 7) is 8.49. The summed E-state index contributed by atoms with van der Waals surface area (Å²) in [5.41, 5.74) is 0.784. The van der Waals surface area contributed by atoms with E-state index in [9.17, 15) is 4.79 Å². The molecular weight excluding hydrogens is 154 g/mol. The number of nitrogens with zero attached hydrogens (tertiary/aromatic N) is 1. The fourth-order valence-corrected chi connectivity index (χ4v) is 0.638. The van der Waals surface area contributed by atoms with Gasteiger partial charge in [-0.1, -0.05) is 0 Å². The van der Waals surface area contributed by atoms with Crippen LogP contribution in [0.5, 0.6) is 0 Å². The van der Waals surface area contributed by atoms with E-state index < -0.39 is 0 Å². The van der Waals surface area contributed by atoms with E-state index in [1.165, 1.54) is 6.92 Å². The molecule has 0 bridgehead atoms. The molecule has 0 saturated carbocycles. The Morgan fingerprint density at radius 2 is 2.17 bits per heavy atom. The molecule has 1 unspecified atom stereocenters. The van der Waals surface area contributed by atoms with Gasteiger partial charge in [-0.3, -0.25) is 9.79 Å². The lowest BCUT2D eigenvalue weighted by Gasteiger charge is -2.12. The quantitative estimate of drug-likeness (QED) is 0.479. The van der Waals surface area contributed by atoms with Gasteiger partial charge in [-0.2, -0.15) is 0 Å². The van der Waals surface area contributed by atoms with E-state index in [-0.39, 0.29) is 12.1 Å². The molecule has 0 spiro atoms. The second-order valence-corrected chi connectivity index (χ2v) is 2.53. The lowest BCUT2D eigenvalue weighted by atomic mass is 10.5. The lowest BCUT2D eigenvalue weighted by Crippen LogP contribution is -2.39. The van der Waals surface area contributed by atoms with Crippen LogP contribution in [-0.4, -0.2) is 18.8 Å². The molecule has 0 radical (unpaired) electrons. The number of allylic oxidation sites excluding steroid dienone is 1. The minimum absolute atomic E-state index is 0.0624. The lowest BCUT2D eigenvalue weighted by molar-refractivity contribution is -0.119. The fraction of sp³-hybridized carbons (Fsp3) is 0.500. The molecule has 0 aliphatic heterocycles. The van der Waals surface area contributed by atoms with Gasteiger partial charge >= 0.3 is 0 Å². The summed E-state index contributed by atoms with van der Waals surface area (Å²) in [7, 11) is 0. The molecule has 0 fully saturated rings. The zero-order chi connectivity index (χ0) is 9.56. The maximum atomic E-state index is 10.6. The molecule has 0 aromatic carbocycles. The van der Waals surface area contributed by atoms with Crippen LogP contribution in [0.3, 0.4) is 0 Å². The van der Waals surface area contributed by atoms with Gasteiger partial charge in [0.2, 0.25) is 5.91 Å². The van der Waals surface area contributed by atoms with Gasteiger partial charge in [0, 0.05) is 13.1 Å². The van der Waals surface area contributed by atoms with Gasteiger partial charge in [-0.25, -0.2) is 0 Å². The van der Waals surface area contributed by atoms with Crippen molar-refractivity contribution in [3.05, 3.63) is 11.9 Å². The summed E-state index contributed by atoms with van der Waals surface area (Å²) in [5.74, 6) is -0.0624. The smallest absolute Gasteiger partial charge is 0.218 e. The predicted octanol–water partition coefficient (Wildman–Crippen LogP) is 0.620. The van der Waals surface area contributed by atoms with E-state index in [1.54, 1.807) is 6.20 Å². The highest BCUT2D eigenvalue weighted by Gasteiger charge is 1.97. The molecule has 1 amide bonds. The zero-order valence-corrected chi connectivity index (χ0v) is 7.72. The number of nitrogens with one attached hydrogen (secondary N) is 2. The molecule has 4 nitrogen and oxygen atoms in total. The standard InChI is InChI=1S/C8H15N3O/c1-6(9-4)5-10-7(2)11-8(3)12/h5,7,10H,4H2,1-3H3,(H,11,12)/b6-5+. The second kappa shape index (κ2) is 5.35. The summed E-state index contributed by atoms with van der Waals surface area (Å²) in [4.78, 5) is 14.2. The van der Waals surface area contributed by atoms with Crippen LogP contribution in [0.2, 0.25) is 0 Å². The van der Waals surface area contributed by atoms with Crippen LogP contribution in [0.4, 0.5) is 0 Å². The summed E-state index contributed by atoms with van der Waals surface area (Å²) < 4.78 is 0. The molecule has 2 N–H and O–H groups in total. The predicted molar refractivity (Wildman–Crippen MR) is 49.7 cm³/mol. The van der Waals surface area contributed by atoms with Crippen molar-refractivity contribution in [2.45, 2.75) is 26.9 Å². The Morgan fingerprint density at radius 1 is 1.58 bits per heavy atom. The van der Waals surface area contributed by atoms with Crippen molar-refractivity contribution in [2.75, 3.05) is 0 Å². The third kappa shape index (κ3) is 5.46. The van der Waals surface area contributed by atoms with Crippen LogP contribution in [0.1, 0.15) is 20.8 Å². The van der Waals surface area contributed by atoms with Gasteiger partial charge in [-0.15, -0.1) is 0 Å². The highest BCUT2D eigenvalue weighted by molar-refractivity contribution is 5.73. The average molecular weight is 169 g/mol. The Labute approximate surface area is 72.8 Å². The first-order valence-corrected chi connectivity index (χ1v) is 3.73. The largest absolute Gasteiger partial charge is 0.370 e. The van der Waals surface area contributed by atoms with Crippen LogP contribution in [0, 0.1) is 0 Å². The summed E-state index contributed by atoms with van der Waals surface area (Å²) in [5, 5.41) is 5.60. The van der Waals surface area contributed by atoms with Crippen molar-refractivity contribution in [2.24, 2.45) is 4.99 Å². The Bertz CT molecular complexity index is 198. The SMILES string of the molecule is C=N/C(C)=C/NC(C)NC(C)=O. The number of hydrogen-bond donors (Lipinski definition) is 2. The van der Waals surface area contributed by atoms with Crippen LogP contribution in [-0.2, 0) is 4.79 Å². The number of hydrogen-bond acceptors (Lipinski definition) is 3. The second-order valence-electron chi connectivity index (χ2n) is 2.53. The van der Waals surface area contributed by atoms with Crippen molar-refractivity contribution in [1.82, 2.24) is 10.6 Å². The summed E-state index contributed by atoms with van der Waals surface area (Å²) >= 11 is 0. The molecular formula is C8H15N3O. The first-order valence-electron chi connectivity index (χ1n) is 3.73. The summed E-state index contributed by atoms with van der Waals surface area (Å²) in [6, 6.07) is 0. The maximum Gasteiger partial charge on any atom is 0.218 e. The van der Waals surface area contributed by atoms with Gasteiger partial charge < -0.3 is 10.6 Å². The molecule has 68 valence electrons. The third-order valence-corrected chi connectivity index (χ3v) is 1.21. The first kappa shape index (κ1) is 10.7. The van der Waals surface area contributed by atoms with Crippen molar-refractivity contribution in [1.29, 1.82) is 0 Å². The highest BCUT2D eigenvalue weighted by Crippen LogP contribution is 1.88. The molecule has 1 atom stereocenters. The van der Waals surface area contributed by atoms with E-state index in [0.717, 1.165) is 5.70 Å². The number of rotatable bonds is 4. The monoisotopic (exact) mass is 169 g/mol. The fourth-order valence-electron chi connectivity index (χ4n) is 0.638. The first-order chi connectivity index (χ1) is 5.56. The van der Waals surface area contributed by atoms with E-state index >= 15 is 0 Å². The molecule has 0 rings (SSSR count). The highest BCUT2D eigenvalue weighted by atomic mass is 16.1.